The average molecular weight is 281 g/mol. The Morgan fingerprint density at radius 3 is 2.26 bits per heavy atom. The van der Waals surface area contributed by atoms with Crippen molar-refractivity contribution in [3.63, 3.8) is 0 Å². The van der Waals surface area contributed by atoms with Gasteiger partial charge in [-0.15, -0.1) is 0 Å². The van der Waals surface area contributed by atoms with Crippen LogP contribution in [0, 0.1) is 11.6 Å². The van der Waals surface area contributed by atoms with E-state index in [0.29, 0.717) is 0 Å². The summed E-state index contributed by atoms with van der Waals surface area (Å²) in [5.74, 6) is -1.10. The Labute approximate surface area is 114 Å². The molecule has 0 saturated carbocycles. The zero-order valence-corrected chi connectivity index (χ0v) is 10.7. The highest BCUT2D eigenvalue weighted by Gasteiger charge is 2.15. The van der Waals surface area contributed by atoms with Gasteiger partial charge < -0.3 is 4.79 Å². The van der Waals surface area contributed by atoms with E-state index in [9.17, 15) is 13.6 Å². The van der Waals surface area contributed by atoms with E-state index in [0.717, 1.165) is 17.4 Å². The van der Waals surface area contributed by atoms with Gasteiger partial charge in [0.25, 0.3) is 0 Å². The predicted octanol–water partition coefficient (Wildman–Crippen LogP) is 4.34. The Bertz CT molecular complexity index is 581. The van der Waals surface area contributed by atoms with Gasteiger partial charge in [-0.3, -0.25) is 0 Å². The number of halogens is 3. The maximum Gasteiger partial charge on any atom is 0.141 e. The minimum atomic E-state index is -0.505. The van der Waals surface area contributed by atoms with E-state index >= 15 is 0 Å². The molecule has 0 saturated heterocycles. The van der Waals surface area contributed by atoms with Crippen molar-refractivity contribution in [3.8, 4) is 0 Å². The number of carbonyl (C=O) groups is 1. The first-order valence-electron chi connectivity index (χ1n) is 5.76. The summed E-state index contributed by atoms with van der Waals surface area (Å²) in [7, 11) is 0. The average Bonchev–Trinajstić information content (AvgIpc) is 2.41. The first-order valence-corrected chi connectivity index (χ1v) is 6.13. The van der Waals surface area contributed by atoms with E-state index in [-0.39, 0.29) is 23.2 Å². The lowest BCUT2D eigenvalue weighted by molar-refractivity contribution is -0.108. The molecule has 98 valence electrons. The zero-order chi connectivity index (χ0) is 13.8. The maximum absolute atomic E-state index is 13.2. The first kappa shape index (κ1) is 13.7. The molecule has 1 nitrogen and oxygen atoms in total. The van der Waals surface area contributed by atoms with E-state index < -0.39 is 5.82 Å². The summed E-state index contributed by atoms with van der Waals surface area (Å²) in [5, 5.41) is 0.00973. The van der Waals surface area contributed by atoms with Gasteiger partial charge in [0.15, 0.2) is 0 Å². The molecule has 0 N–H and O–H groups in total. The Kier molecular flexibility index (Phi) is 4.27. The Hall–Kier alpha value is -1.74. The van der Waals surface area contributed by atoms with Crippen LogP contribution in [0.5, 0.6) is 0 Å². The van der Waals surface area contributed by atoms with E-state index in [1.54, 1.807) is 18.2 Å². The van der Waals surface area contributed by atoms with Crippen molar-refractivity contribution in [2.45, 2.75) is 12.3 Å². The minimum absolute atomic E-state index is 0.00973. The predicted molar refractivity (Wildman–Crippen MR) is 70.3 cm³/mol. The lowest BCUT2D eigenvalue weighted by Gasteiger charge is -2.15. The molecule has 2 aromatic rings. The maximum atomic E-state index is 13.2. The summed E-state index contributed by atoms with van der Waals surface area (Å²) >= 11 is 5.75. The zero-order valence-electron chi connectivity index (χ0n) is 9.95. The highest BCUT2D eigenvalue weighted by Crippen LogP contribution is 2.30. The molecular weight excluding hydrogens is 270 g/mol. The van der Waals surface area contributed by atoms with Crippen molar-refractivity contribution in [2.24, 2.45) is 0 Å². The summed E-state index contributed by atoms with van der Waals surface area (Å²) in [4.78, 5) is 10.8. The second kappa shape index (κ2) is 5.93. The van der Waals surface area contributed by atoms with Crippen molar-refractivity contribution in [2.75, 3.05) is 0 Å². The van der Waals surface area contributed by atoms with Crippen molar-refractivity contribution >= 4 is 17.9 Å². The number of carbonyl (C=O) groups excluding carboxylic acids is 1. The molecule has 0 amide bonds. The van der Waals surface area contributed by atoms with Crippen molar-refractivity contribution < 1.29 is 13.6 Å². The number of hydrogen-bond donors (Lipinski definition) is 0. The van der Waals surface area contributed by atoms with Crippen LogP contribution >= 0.6 is 11.6 Å². The largest absolute Gasteiger partial charge is 0.303 e. The van der Waals surface area contributed by atoms with Crippen LogP contribution in [-0.4, -0.2) is 6.29 Å². The van der Waals surface area contributed by atoms with Crippen LogP contribution in [-0.2, 0) is 4.79 Å². The van der Waals surface area contributed by atoms with Gasteiger partial charge in [-0.2, -0.15) is 0 Å². The van der Waals surface area contributed by atoms with E-state index in [4.69, 9.17) is 11.6 Å². The monoisotopic (exact) mass is 280 g/mol. The molecule has 0 spiro atoms. The highest BCUT2D eigenvalue weighted by molar-refractivity contribution is 6.30. The number of benzene rings is 2. The molecule has 1 atom stereocenters. The fourth-order valence-corrected chi connectivity index (χ4v) is 2.17. The van der Waals surface area contributed by atoms with E-state index in [1.807, 2.05) is 0 Å². The molecule has 0 bridgehead atoms. The van der Waals surface area contributed by atoms with Gasteiger partial charge in [-0.25, -0.2) is 8.78 Å². The van der Waals surface area contributed by atoms with Crippen LogP contribution < -0.4 is 0 Å². The molecule has 0 aliphatic rings. The first-order chi connectivity index (χ1) is 9.11. The second-order valence-corrected chi connectivity index (χ2v) is 4.59. The van der Waals surface area contributed by atoms with Crippen LogP contribution in [0.4, 0.5) is 8.78 Å². The van der Waals surface area contributed by atoms with Gasteiger partial charge in [0.2, 0.25) is 0 Å². The molecule has 0 radical (unpaired) electrons. The third-order valence-corrected chi connectivity index (χ3v) is 3.24. The van der Waals surface area contributed by atoms with Crippen molar-refractivity contribution in [1.82, 2.24) is 0 Å². The Morgan fingerprint density at radius 1 is 1.05 bits per heavy atom. The SMILES string of the molecule is O=CCC(c1ccc(F)cc1)c1ccc(F)c(Cl)c1. The smallest absolute Gasteiger partial charge is 0.141 e. The van der Waals surface area contributed by atoms with Crippen LogP contribution in [0.2, 0.25) is 5.02 Å². The number of aldehydes is 1. The highest BCUT2D eigenvalue weighted by atomic mass is 35.5. The molecule has 0 heterocycles. The summed E-state index contributed by atoms with van der Waals surface area (Å²) in [6, 6.07) is 10.2. The van der Waals surface area contributed by atoms with Crippen LogP contribution in [0.3, 0.4) is 0 Å². The third-order valence-electron chi connectivity index (χ3n) is 2.95. The number of hydrogen-bond acceptors (Lipinski definition) is 1. The van der Waals surface area contributed by atoms with Crippen molar-refractivity contribution in [3.05, 3.63) is 70.2 Å². The topological polar surface area (TPSA) is 17.1 Å². The fraction of sp³-hybridized carbons (Fsp3) is 0.133. The molecule has 0 fully saturated rings. The van der Waals surface area contributed by atoms with Gasteiger partial charge in [0.05, 0.1) is 5.02 Å². The molecule has 4 heteroatoms. The molecule has 2 aromatic carbocycles. The molecule has 0 aromatic heterocycles. The molecular formula is C15H11ClF2O. The van der Waals surface area contributed by atoms with Gasteiger partial charge in [0, 0.05) is 12.3 Å². The molecule has 2 rings (SSSR count). The fourth-order valence-electron chi connectivity index (χ4n) is 1.99. The van der Waals surface area contributed by atoms with Gasteiger partial charge in [-0.1, -0.05) is 29.8 Å². The number of rotatable bonds is 4. The Balaban J connectivity index is 2.41. The van der Waals surface area contributed by atoms with Gasteiger partial charge in [-0.05, 0) is 35.4 Å². The Morgan fingerprint density at radius 2 is 1.68 bits per heavy atom. The molecule has 19 heavy (non-hydrogen) atoms. The summed E-state index contributed by atoms with van der Waals surface area (Å²) in [6.45, 7) is 0. The quantitative estimate of drug-likeness (QED) is 0.762. The second-order valence-electron chi connectivity index (χ2n) is 4.18. The summed E-state index contributed by atoms with van der Waals surface area (Å²) < 4.78 is 26.1. The van der Waals surface area contributed by atoms with Crippen LogP contribution in [0.25, 0.3) is 0 Å². The summed E-state index contributed by atoms with van der Waals surface area (Å²) in [5.41, 5.74) is 1.52. The normalized spacial score (nSPS) is 12.2. The summed E-state index contributed by atoms with van der Waals surface area (Å²) in [6.07, 6.45) is 1.01. The molecule has 0 aliphatic heterocycles. The molecule has 0 aliphatic carbocycles. The van der Waals surface area contributed by atoms with E-state index in [1.165, 1.54) is 24.3 Å². The van der Waals surface area contributed by atoms with Crippen LogP contribution in [0.15, 0.2) is 42.5 Å². The standard InChI is InChI=1S/C15H11ClF2O/c16-14-9-11(3-6-15(14)18)13(7-8-19)10-1-4-12(17)5-2-10/h1-6,8-9,13H,7H2. The lowest BCUT2D eigenvalue weighted by Crippen LogP contribution is -2.02. The van der Waals surface area contributed by atoms with Gasteiger partial charge in [0.1, 0.15) is 17.9 Å². The van der Waals surface area contributed by atoms with E-state index in [2.05, 4.69) is 0 Å². The van der Waals surface area contributed by atoms with Crippen molar-refractivity contribution in [1.29, 1.82) is 0 Å². The van der Waals surface area contributed by atoms with Gasteiger partial charge >= 0.3 is 0 Å². The third kappa shape index (κ3) is 3.18. The minimum Gasteiger partial charge on any atom is -0.303 e. The lowest BCUT2D eigenvalue weighted by atomic mass is 9.89. The van der Waals surface area contributed by atoms with Crippen LogP contribution in [0.1, 0.15) is 23.5 Å². The molecule has 1 unspecified atom stereocenters.